The summed E-state index contributed by atoms with van der Waals surface area (Å²) >= 11 is 0. The van der Waals surface area contributed by atoms with Crippen LogP contribution in [-0.2, 0) is 9.53 Å². The number of hydrogen-bond donors (Lipinski definition) is 1. The van der Waals surface area contributed by atoms with Gasteiger partial charge in [-0.15, -0.1) is 0 Å². The second-order valence-electron chi connectivity index (χ2n) is 5.73. The highest BCUT2D eigenvalue weighted by molar-refractivity contribution is 5.89. The zero-order chi connectivity index (χ0) is 17.2. The van der Waals surface area contributed by atoms with E-state index in [9.17, 15) is 4.79 Å². The Balaban J connectivity index is 1.73. The van der Waals surface area contributed by atoms with E-state index in [2.05, 4.69) is 20.2 Å². The number of morpholine rings is 1. The molecule has 3 aromatic rings. The Morgan fingerprint density at radius 3 is 2.64 bits per heavy atom. The van der Waals surface area contributed by atoms with Gasteiger partial charge in [0.05, 0.1) is 13.2 Å². The van der Waals surface area contributed by atoms with Crippen LogP contribution in [0.2, 0.25) is 0 Å². The summed E-state index contributed by atoms with van der Waals surface area (Å²) in [6.45, 7) is 4.27. The Hall–Kier alpha value is -3.00. The van der Waals surface area contributed by atoms with Crippen LogP contribution in [0.1, 0.15) is 6.92 Å². The van der Waals surface area contributed by atoms with Gasteiger partial charge in [-0.1, -0.05) is 0 Å². The molecule has 1 fully saturated rings. The van der Waals surface area contributed by atoms with E-state index in [1.54, 1.807) is 0 Å². The van der Waals surface area contributed by atoms with Crippen molar-refractivity contribution >= 4 is 28.6 Å². The molecule has 25 heavy (non-hydrogen) atoms. The molecule has 8 heteroatoms. The number of carbonyl (C=O) groups is 1. The first-order valence-corrected chi connectivity index (χ1v) is 8.02. The minimum Gasteiger partial charge on any atom is -0.438 e. The predicted molar refractivity (Wildman–Crippen MR) is 92.4 cm³/mol. The number of rotatable bonds is 3. The lowest BCUT2D eigenvalue weighted by Crippen LogP contribution is -2.37. The fraction of sp³-hybridized carbons (Fsp3) is 0.294. The highest BCUT2D eigenvalue weighted by Crippen LogP contribution is 2.28. The van der Waals surface area contributed by atoms with Crippen molar-refractivity contribution < 1.29 is 13.9 Å². The van der Waals surface area contributed by atoms with Crippen LogP contribution in [0.5, 0.6) is 0 Å². The number of oxazole rings is 1. The van der Waals surface area contributed by atoms with Gasteiger partial charge in [0.2, 0.25) is 17.1 Å². The van der Waals surface area contributed by atoms with Crippen LogP contribution in [-0.4, -0.2) is 47.2 Å². The molecular formula is C17H17N5O3. The molecule has 1 aliphatic rings. The van der Waals surface area contributed by atoms with Gasteiger partial charge >= 0.3 is 0 Å². The third kappa shape index (κ3) is 3.16. The summed E-state index contributed by atoms with van der Waals surface area (Å²) in [5.74, 6) is 1.19. The first kappa shape index (κ1) is 15.5. The molecule has 1 aliphatic heterocycles. The van der Waals surface area contributed by atoms with Crippen molar-refractivity contribution in [1.82, 2.24) is 15.0 Å². The van der Waals surface area contributed by atoms with Crippen molar-refractivity contribution in [2.24, 2.45) is 0 Å². The summed E-state index contributed by atoms with van der Waals surface area (Å²) in [6, 6.07) is 7.38. The number of fused-ring (bicyclic) bond motifs is 1. The van der Waals surface area contributed by atoms with Gasteiger partial charge in [-0.2, -0.15) is 4.98 Å². The molecule has 1 N–H and O–H groups in total. The average Bonchev–Trinajstić information content (AvgIpc) is 3.10. The standard InChI is InChI=1S/C17H17N5O3/c1-11(23)19-13-4-2-12(3-5-13)15-20-16-14(25-10-18-16)17(21-15)22-6-8-24-9-7-22/h2-5,10H,6-9H2,1H3,(H,19,23). The van der Waals surface area contributed by atoms with E-state index in [1.807, 2.05) is 24.3 Å². The number of amides is 1. The topological polar surface area (TPSA) is 93.4 Å². The maximum atomic E-state index is 11.1. The monoisotopic (exact) mass is 339 g/mol. The van der Waals surface area contributed by atoms with Crippen LogP contribution in [0, 0.1) is 0 Å². The minimum absolute atomic E-state index is 0.109. The lowest BCUT2D eigenvalue weighted by atomic mass is 10.2. The van der Waals surface area contributed by atoms with Gasteiger partial charge in [0.1, 0.15) is 0 Å². The molecule has 0 unspecified atom stereocenters. The number of ether oxygens (including phenoxy) is 1. The van der Waals surface area contributed by atoms with Gasteiger partial charge in [0.15, 0.2) is 18.0 Å². The SMILES string of the molecule is CC(=O)Nc1ccc(-c2nc(N3CCOCC3)c3ocnc3n2)cc1. The van der Waals surface area contributed by atoms with Crippen molar-refractivity contribution in [3.63, 3.8) is 0 Å². The van der Waals surface area contributed by atoms with E-state index >= 15 is 0 Å². The van der Waals surface area contributed by atoms with Crippen LogP contribution < -0.4 is 10.2 Å². The third-order valence-electron chi connectivity index (χ3n) is 3.95. The third-order valence-corrected chi connectivity index (χ3v) is 3.95. The van der Waals surface area contributed by atoms with Crippen molar-refractivity contribution in [3.8, 4) is 11.4 Å². The molecule has 128 valence electrons. The highest BCUT2D eigenvalue weighted by Gasteiger charge is 2.20. The Bertz CT molecular complexity index is 900. The molecule has 8 nitrogen and oxygen atoms in total. The molecule has 4 rings (SSSR count). The van der Waals surface area contributed by atoms with E-state index in [1.165, 1.54) is 13.3 Å². The molecule has 1 aromatic carbocycles. The zero-order valence-corrected chi connectivity index (χ0v) is 13.7. The van der Waals surface area contributed by atoms with E-state index in [4.69, 9.17) is 14.1 Å². The number of anilines is 2. The van der Waals surface area contributed by atoms with Crippen LogP contribution in [0.3, 0.4) is 0 Å². The first-order chi connectivity index (χ1) is 12.2. The molecule has 0 atom stereocenters. The van der Waals surface area contributed by atoms with E-state index in [0.717, 1.165) is 30.2 Å². The number of nitrogens with zero attached hydrogens (tertiary/aromatic N) is 4. The van der Waals surface area contributed by atoms with Crippen molar-refractivity contribution in [2.75, 3.05) is 36.5 Å². The molecule has 0 spiro atoms. The van der Waals surface area contributed by atoms with Crippen LogP contribution in [0.4, 0.5) is 11.5 Å². The van der Waals surface area contributed by atoms with Crippen molar-refractivity contribution in [2.45, 2.75) is 6.92 Å². The van der Waals surface area contributed by atoms with Crippen LogP contribution in [0.15, 0.2) is 35.1 Å². The van der Waals surface area contributed by atoms with Gasteiger partial charge in [0.25, 0.3) is 0 Å². The molecule has 0 bridgehead atoms. The van der Waals surface area contributed by atoms with Crippen molar-refractivity contribution in [3.05, 3.63) is 30.7 Å². The molecule has 0 saturated carbocycles. The Labute approximate surface area is 143 Å². The summed E-state index contributed by atoms with van der Waals surface area (Å²) in [5.41, 5.74) is 2.68. The number of carbonyl (C=O) groups excluding carboxylic acids is 1. The molecule has 3 heterocycles. The lowest BCUT2D eigenvalue weighted by Gasteiger charge is -2.27. The summed E-state index contributed by atoms with van der Waals surface area (Å²) in [4.78, 5) is 26.6. The van der Waals surface area contributed by atoms with E-state index in [0.29, 0.717) is 30.3 Å². The quantitative estimate of drug-likeness (QED) is 0.781. The number of benzene rings is 1. The summed E-state index contributed by atoms with van der Waals surface area (Å²) in [6.07, 6.45) is 1.38. The largest absolute Gasteiger partial charge is 0.438 e. The molecule has 2 aromatic heterocycles. The second kappa shape index (κ2) is 6.48. The Kier molecular flexibility index (Phi) is 4.02. The second-order valence-corrected chi connectivity index (χ2v) is 5.73. The van der Waals surface area contributed by atoms with Gasteiger partial charge < -0.3 is 19.4 Å². The number of nitrogens with one attached hydrogen (secondary N) is 1. The maximum Gasteiger partial charge on any atom is 0.221 e. The number of hydrogen-bond acceptors (Lipinski definition) is 7. The lowest BCUT2D eigenvalue weighted by molar-refractivity contribution is -0.114. The van der Waals surface area contributed by atoms with Gasteiger partial charge in [0, 0.05) is 31.3 Å². The van der Waals surface area contributed by atoms with Crippen molar-refractivity contribution in [1.29, 1.82) is 0 Å². The molecule has 1 amide bonds. The number of aromatic nitrogens is 3. The Morgan fingerprint density at radius 1 is 1.16 bits per heavy atom. The van der Waals surface area contributed by atoms with Gasteiger partial charge in [-0.25, -0.2) is 9.97 Å². The molecule has 0 aliphatic carbocycles. The van der Waals surface area contributed by atoms with Gasteiger partial charge in [-0.05, 0) is 24.3 Å². The van der Waals surface area contributed by atoms with Gasteiger partial charge in [-0.3, -0.25) is 4.79 Å². The van der Waals surface area contributed by atoms with Crippen LogP contribution >= 0.6 is 0 Å². The summed E-state index contributed by atoms with van der Waals surface area (Å²) in [5, 5.41) is 2.74. The fourth-order valence-corrected chi connectivity index (χ4v) is 2.77. The first-order valence-electron chi connectivity index (χ1n) is 8.02. The Morgan fingerprint density at radius 2 is 1.92 bits per heavy atom. The smallest absolute Gasteiger partial charge is 0.221 e. The summed E-state index contributed by atoms with van der Waals surface area (Å²) < 4.78 is 10.9. The average molecular weight is 339 g/mol. The van der Waals surface area contributed by atoms with E-state index in [-0.39, 0.29) is 5.91 Å². The minimum atomic E-state index is -0.109. The summed E-state index contributed by atoms with van der Waals surface area (Å²) in [7, 11) is 0. The predicted octanol–water partition coefficient (Wildman–Crippen LogP) is 2.08. The normalized spacial score (nSPS) is 14.7. The fourth-order valence-electron chi connectivity index (χ4n) is 2.77. The van der Waals surface area contributed by atoms with Crippen LogP contribution in [0.25, 0.3) is 22.6 Å². The molecular weight excluding hydrogens is 322 g/mol. The molecule has 1 saturated heterocycles. The highest BCUT2D eigenvalue weighted by atomic mass is 16.5. The molecule has 0 radical (unpaired) electrons. The maximum absolute atomic E-state index is 11.1. The van der Waals surface area contributed by atoms with E-state index < -0.39 is 0 Å². The zero-order valence-electron chi connectivity index (χ0n) is 13.7.